The van der Waals surface area contributed by atoms with Gasteiger partial charge in [-0.3, -0.25) is 23.0 Å². The summed E-state index contributed by atoms with van der Waals surface area (Å²) in [5, 5.41) is 1.23. The lowest BCUT2D eigenvalue weighted by atomic mass is 9.63. The Hall–Kier alpha value is -9.10. The van der Waals surface area contributed by atoms with Crippen molar-refractivity contribution in [1.82, 2.24) is 0 Å². The normalized spacial score (nSPS) is 16.5. The molecular weight excluding hydrogens is 1390 g/mol. The maximum Gasteiger partial charge on any atom is 0.311 e. The molecule has 10 aromatic rings. The number of hydrogen-bond donors (Lipinski definition) is 2. The molecule has 12 rings (SSSR count). The Kier molecular flexibility index (Phi) is 19.4. The average Bonchev–Trinajstić information content (AvgIpc) is 0.734. The molecule has 0 fully saturated rings. The maximum absolute atomic E-state index is 16.4. The molecule has 0 bridgehead atoms. The fraction of sp³-hybridized carbons (Fsp3) is 0.237. The minimum Gasteiger partial charge on any atom is -0.487 e. The first kappa shape index (κ1) is 72.7. The summed E-state index contributed by atoms with van der Waals surface area (Å²) in [5.41, 5.74) is 1.41. The van der Waals surface area contributed by atoms with Crippen LogP contribution in [0.3, 0.4) is 0 Å². The van der Waals surface area contributed by atoms with Crippen LogP contribution < -0.4 is 49.2 Å². The molecular formula is C80H78O17P2S3. The van der Waals surface area contributed by atoms with Crippen LogP contribution in [-0.4, -0.2) is 51.3 Å². The topological polar surface area (TPSA) is 249 Å². The lowest BCUT2D eigenvalue weighted by Gasteiger charge is -2.48. The number of sulfone groups is 1. The summed E-state index contributed by atoms with van der Waals surface area (Å²) in [6, 6.07) is 58.9. The zero-order chi connectivity index (χ0) is 73.2. The van der Waals surface area contributed by atoms with Gasteiger partial charge in [-0.25, -0.2) is 8.42 Å². The van der Waals surface area contributed by atoms with Crippen LogP contribution in [0.1, 0.15) is 128 Å². The standard InChI is InChI=1S/C80H78O17P2S3/c1-11-77(6,7)64-44-42-58(50-74(64)101(86,87)88)100(84,85)59-43-47-69(75(51-59)102(89,90)91)93-57-41-46-68(73(49-57)99(83)71-31-23-19-27-63(71)61-25-17-21-29-66(61)97-99)95-79(10,13-3)80(14-4,15-5)54-36-32-52(33-37-54)76(81)53-34-38-55(39-35-53)92-56-40-45-67(94-78(8,9)12-2)72(48-56)98(82)70-30-22-18-26-62(70)60-24-16-20-28-65(60)96-98/h16-51H,11-15H2,1-10H3,(H,86,87,88)(H,89,90,91). The molecule has 2 heterocycles. The van der Waals surface area contributed by atoms with Crippen LogP contribution in [0.25, 0.3) is 22.3 Å². The van der Waals surface area contributed by atoms with Crippen molar-refractivity contribution in [3.05, 3.63) is 241 Å². The smallest absolute Gasteiger partial charge is 0.311 e. The molecule has 3 unspecified atom stereocenters. The van der Waals surface area contributed by atoms with Crippen molar-refractivity contribution in [3.63, 3.8) is 0 Å². The van der Waals surface area contributed by atoms with Crippen molar-refractivity contribution in [2.24, 2.45) is 0 Å². The molecule has 0 saturated carbocycles. The number of fused-ring (bicyclic) bond motifs is 6. The quantitative estimate of drug-likeness (QED) is 0.0324. The van der Waals surface area contributed by atoms with E-state index in [9.17, 15) is 39.2 Å². The molecule has 528 valence electrons. The zero-order valence-electron chi connectivity index (χ0n) is 58.0. The van der Waals surface area contributed by atoms with E-state index in [4.69, 9.17) is 28.0 Å². The summed E-state index contributed by atoms with van der Waals surface area (Å²) in [5.74, 6) is 1.21. The van der Waals surface area contributed by atoms with Gasteiger partial charge in [-0.1, -0.05) is 152 Å². The van der Waals surface area contributed by atoms with Crippen LogP contribution >= 0.6 is 14.7 Å². The molecule has 3 atom stereocenters. The van der Waals surface area contributed by atoms with E-state index in [1.807, 2.05) is 133 Å². The molecule has 0 aromatic heterocycles. The highest BCUT2D eigenvalue weighted by atomic mass is 32.2. The first-order chi connectivity index (χ1) is 48.3. The van der Waals surface area contributed by atoms with E-state index in [2.05, 4.69) is 0 Å². The lowest BCUT2D eigenvalue weighted by Crippen LogP contribution is -2.53. The van der Waals surface area contributed by atoms with Crippen molar-refractivity contribution >= 4 is 71.8 Å². The molecule has 10 aromatic carbocycles. The molecule has 102 heavy (non-hydrogen) atoms. The van der Waals surface area contributed by atoms with Crippen LogP contribution in [0.2, 0.25) is 0 Å². The van der Waals surface area contributed by atoms with E-state index >= 15 is 9.13 Å². The summed E-state index contributed by atoms with van der Waals surface area (Å²) in [7, 11) is -23.2. The fourth-order valence-electron chi connectivity index (χ4n) is 13.5. The van der Waals surface area contributed by atoms with Crippen molar-refractivity contribution < 1.29 is 76.3 Å². The predicted molar refractivity (Wildman–Crippen MR) is 396 cm³/mol. The molecule has 0 amide bonds. The lowest BCUT2D eigenvalue weighted by molar-refractivity contribution is -0.00750. The monoisotopic (exact) mass is 1470 g/mol. The molecule has 2 N–H and O–H groups in total. The Bertz CT molecular complexity index is 5420. The van der Waals surface area contributed by atoms with E-state index in [0.29, 0.717) is 105 Å². The minimum atomic E-state index is -5.30. The molecule has 0 spiro atoms. The van der Waals surface area contributed by atoms with Crippen molar-refractivity contribution in [3.8, 4) is 68.2 Å². The second-order valence-electron chi connectivity index (χ2n) is 26.9. The number of ketones is 1. The molecule has 2 aliphatic heterocycles. The number of ether oxygens (including phenoxy) is 4. The Balaban J connectivity index is 0.851. The predicted octanol–water partition coefficient (Wildman–Crippen LogP) is 18.0. The van der Waals surface area contributed by atoms with Crippen LogP contribution in [0.4, 0.5) is 0 Å². The van der Waals surface area contributed by atoms with Gasteiger partial charge < -0.3 is 28.0 Å². The highest BCUT2D eigenvalue weighted by Crippen LogP contribution is 2.59. The number of benzene rings is 10. The Morgan fingerprint density at radius 1 is 0.422 bits per heavy atom. The van der Waals surface area contributed by atoms with Crippen molar-refractivity contribution in [2.75, 3.05) is 0 Å². The third-order valence-electron chi connectivity index (χ3n) is 20.2. The molecule has 2 aliphatic rings. The Labute approximate surface area is 596 Å². The summed E-state index contributed by atoms with van der Waals surface area (Å²) in [4.78, 5) is 11.6. The second-order valence-corrected chi connectivity index (χ2v) is 36.1. The van der Waals surface area contributed by atoms with Crippen molar-refractivity contribution in [1.29, 1.82) is 0 Å². The molecule has 22 heteroatoms. The largest absolute Gasteiger partial charge is 0.487 e. The van der Waals surface area contributed by atoms with Crippen LogP contribution in [-0.2, 0) is 50.0 Å². The van der Waals surface area contributed by atoms with E-state index in [-0.39, 0.29) is 28.2 Å². The molecule has 17 nitrogen and oxygen atoms in total. The molecule has 0 radical (unpaired) electrons. The van der Waals surface area contributed by atoms with Crippen LogP contribution in [0.5, 0.6) is 46.0 Å². The summed E-state index contributed by atoms with van der Waals surface area (Å²) in [6.45, 7) is 19.2. The molecule has 0 aliphatic carbocycles. The van der Waals surface area contributed by atoms with E-state index in [1.54, 1.807) is 99.6 Å². The van der Waals surface area contributed by atoms with Gasteiger partial charge in [0.05, 0.1) is 35.9 Å². The first-order valence-corrected chi connectivity index (χ1v) is 41.1. The second kappa shape index (κ2) is 27.3. The first-order valence-electron chi connectivity index (χ1n) is 33.5. The Morgan fingerprint density at radius 3 is 1.33 bits per heavy atom. The van der Waals surface area contributed by atoms with Crippen LogP contribution in [0, 0.1) is 0 Å². The maximum atomic E-state index is 16.4. The average molecular weight is 1470 g/mol. The summed E-state index contributed by atoms with van der Waals surface area (Å²) in [6.07, 6.45) is 2.54. The summed E-state index contributed by atoms with van der Waals surface area (Å²) >= 11 is 0. The Morgan fingerprint density at radius 2 is 0.853 bits per heavy atom. The number of hydrogen-bond acceptors (Lipinski definition) is 15. The number of para-hydroxylation sites is 2. The number of carbonyl (C=O) groups excluding carboxylic acids is 1. The van der Waals surface area contributed by atoms with E-state index < -0.39 is 92.2 Å². The van der Waals surface area contributed by atoms with Gasteiger partial charge in [0.25, 0.3) is 20.2 Å². The third-order valence-corrected chi connectivity index (χ3v) is 28.6. The fourth-order valence-corrected chi connectivity index (χ4v) is 21.3. The van der Waals surface area contributed by atoms with Crippen LogP contribution in [0.15, 0.2) is 238 Å². The van der Waals surface area contributed by atoms with Gasteiger partial charge in [0.15, 0.2) is 5.78 Å². The SMILES string of the molecule is CCC(C)(C)Oc1ccc(Oc2ccc(C(=O)c3ccc(C(CC)(CC)C(C)(CC)Oc4ccc(Oc5ccc(S(=O)(=O)c6ccc(C(C)(C)CC)c(S(=O)(=O)O)c6)cc5S(=O)(=O)O)cc4P4(=O)Oc5ccccc5-c5ccccc54)cc3)cc2)cc1P1(=O)Oc2ccccc2-c2ccccc21. The molecule has 0 saturated heterocycles. The van der Waals surface area contributed by atoms with Gasteiger partial charge in [-0.2, -0.15) is 16.8 Å². The van der Waals surface area contributed by atoms with Gasteiger partial charge in [0.1, 0.15) is 62.1 Å². The van der Waals surface area contributed by atoms with Gasteiger partial charge in [-0.05, 0) is 196 Å². The van der Waals surface area contributed by atoms with Gasteiger partial charge in [0, 0.05) is 27.7 Å². The van der Waals surface area contributed by atoms with Gasteiger partial charge >= 0.3 is 14.7 Å². The van der Waals surface area contributed by atoms with Crippen molar-refractivity contribution in [2.45, 2.75) is 143 Å². The van der Waals surface area contributed by atoms with Gasteiger partial charge in [-0.15, -0.1) is 0 Å². The number of rotatable bonds is 24. The zero-order valence-corrected chi connectivity index (χ0v) is 62.2. The van der Waals surface area contributed by atoms with E-state index in [1.165, 1.54) is 24.3 Å². The summed E-state index contributed by atoms with van der Waals surface area (Å²) < 4.78 is 174. The highest BCUT2D eigenvalue weighted by molar-refractivity contribution is 7.91. The van der Waals surface area contributed by atoms with Gasteiger partial charge in [0.2, 0.25) is 9.84 Å². The minimum absolute atomic E-state index is 0.0182. The number of carbonyl (C=O) groups is 1. The van der Waals surface area contributed by atoms with E-state index in [0.717, 1.165) is 41.0 Å². The third kappa shape index (κ3) is 13.3. The highest BCUT2D eigenvalue weighted by Gasteiger charge is 2.50.